The van der Waals surface area contributed by atoms with E-state index in [1.54, 1.807) is 0 Å². The Morgan fingerprint density at radius 1 is 0.431 bits per heavy atom. The molecule has 4 heterocycles. The van der Waals surface area contributed by atoms with Crippen LogP contribution in [-0.2, 0) is 10.8 Å². The summed E-state index contributed by atoms with van der Waals surface area (Å²) >= 11 is 0. The Hall–Kier alpha value is -6.78. The van der Waals surface area contributed by atoms with Gasteiger partial charge in [-0.2, -0.15) is 0 Å². The number of rotatable bonds is 2. The standard InChI is InChI=1S/C54H40BN3/c1-53(2)39-22-10-8-20-34(39)36-30-37-38-31-49(56-45-27-15-11-23-40(45)54(3,4)41-24-12-16-28-46(41)56)50-35-21-9-14-26-44(35)57-47-29-17-13-25-43(47)55(51(38)52(50)57)58(48(37)32-42(36)53)33-18-6-5-7-19-33/h5-32H,1-4H3. The molecule has 3 aliphatic heterocycles. The van der Waals surface area contributed by atoms with E-state index >= 15 is 0 Å². The van der Waals surface area contributed by atoms with Crippen LogP contribution in [0, 0.1) is 0 Å². The average Bonchev–Trinajstić information content (AvgIpc) is 3.72. The van der Waals surface area contributed by atoms with Crippen LogP contribution in [0.4, 0.5) is 28.4 Å². The maximum absolute atomic E-state index is 2.66. The zero-order valence-electron chi connectivity index (χ0n) is 33.1. The van der Waals surface area contributed by atoms with E-state index in [2.05, 4.69) is 212 Å². The lowest BCUT2D eigenvalue weighted by molar-refractivity contribution is 0.632. The molecular formula is C54H40BN3. The molecule has 9 aromatic rings. The summed E-state index contributed by atoms with van der Waals surface area (Å²) < 4.78 is 2.59. The molecule has 0 spiro atoms. The molecule has 0 atom stereocenters. The van der Waals surface area contributed by atoms with Crippen molar-refractivity contribution in [3.63, 3.8) is 0 Å². The lowest BCUT2D eigenvalue weighted by Crippen LogP contribution is -2.60. The monoisotopic (exact) mass is 741 g/mol. The molecule has 0 radical (unpaired) electrons. The van der Waals surface area contributed by atoms with E-state index in [1.165, 1.54) is 111 Å². The molecule has 0 saturated heterocycles. The van der Waals surface area contributed by atoms with Crippen LogP contribution in [0.15, 0.2) is 170 Å². The van der Waals surface area contributed by atoms with Crippen LogP contribution in [-0.4, -0.2) is 11.4 Å². The molecule has 1 aromatic heterocycles. The number of benzene rings is 8. The molecule has 1 aliphatic carbocycles. The average molecular weight is 742 g/mol. The first-order chi connectivity index (χ1) is 28.3. The molecule has 8 aromatic carbocycles. The van der Waals surface area contributed by atoms with Gasteiger partial charge in [0.15, 0.2) is 0 Å². The summed E-state index contributed by atoms with van der Waals surface area (Å²) in [6.45, 7) is 9.52. The van der Waals surface area contributed by atoms with Gasteiger partial charge in [-0.05, 0) is 104 Å². The smallest absolute Gasteiger partial charge is 0.333 e. The Balaban J connectivity index is 1.24. The first-order valence-electron chi connectivity index (χ1n) is 20.7. The van der Waals surface area contributed by atoms with Crippen LogP contribution >= 0.6 is 0 Å². The van der Waals surface area contributed by atoms with Crippen molar-refractivity contribution >= 4 is 68.0 Å². The minimum atomic E-state index is -0.163. The van der Waals surface area contributed by atoms with Crippen molar-refractivity contribution in [3.05, 3.63) is 192 Å². The first-order valence-corrected chi connectivity index (χ1v) is 20.7. The first kappa shape index (κ1) is 32.3. The fourth-order valence-corrected chi connectivity index (χ4v) is 11.5. The van der Waals surface area contributed by atoms with Gasteiger partial charge in [0.1, 0.15) is 0 Å². The SMILES string of the molecule is CC1(C)c2ccccc2-c2cc3c(cc21)N(c1ccccc1)B1c2ccccc2-n2c4ccccc4c4c(N5c6ccccc6C(C)(C)c6ccccc65)cc-3c1c42. The Morgan fingerprint density at radius 3 is 1.79 bits per heavy atom. The van der Waals surface area contributed by atoms with Gasteiger partial charge in [-0.15, -0.1) is 0 Å². The van der Waals surface area contributed by atoms with Gasteiger partial charge in [-0.25, -0.2) is 0 Å². The summed E-state index contributed by atoms with van der Waals surface area (Å²) in [6, 6.07) is 64.2. The third kappa shape index (κ3) is 3.86. The molecule has 0 N–H and O–H groups in total. The van der Waals surface area contributed by atoms with Crippen molar-refractivity contribution in [3.8, 4) is 27.9 Å². The van der Waals surface area contributed by atoms with Gasteiger partial charge in [0.25, 0.3) is 0 Å². The van der Waals surface area contributed by atoms with Crippen molar-refractivity contribution in [2.24, 2.45) is 0 Å². The zero-order chi connectivity index (χ0) is 38.7. The molecule has 4 aliphatic rings. The highest BCUT2D eigenvalue weighted by atomic mass is 15.2. The van der Waals surface area contributed by atoms with Gasteiger partial charge < -0.3 is 14.3 Å². The highest BCUT2D eigenvalue weighted by Crippen LogP contribution is 2.58. The number of hydrogen-bond donors (Lipinski definition) is 0. The lowest BCUT2D eigenvalue weighted by Gasteiger charge is -2.44. The number of fused-ring (bicyclic) bond motifs is 13. The van der Waals surface area contributed by atoms with Crippen LogP contribution < -0.4 is 20.6 Å². The summed E-state index contributed by atoms with van der Waals surface area (Å²) in [5, 5.41) is 2.56. The van der Waals surface area contributed by atoms with Gasteiger partial charge in [0.05, 0.1) is 28.1 Å². The number of anilines is 5. The molecule has 0 saturated carbocycles. The van der Waals surface area contributed by atoms with Crippen LogP contribution in [0.3, 0.4) is 0 Å². The molecular weight excluding hydrogens is 701 g/mol. The van der Waals surface area contributed by atoms with E-state index in [1.807, 2.05) is 0 Å². The predicted octanol–water partition coefficient (Wildman–Crippen LogP) is 12.4. The van der Waals surface area contributed by atoms with E-state index in [9.17, 15) is 0 Å². The summed E-state index contributed by atoms with van der Waals surface area (Å²) in [6.07, 6.45) is 0. The Labute approximate surface area is 339 Å². The van der Waals surface area contributed by atoms with Gasteiger partial charge in [0.2, 0.25) is 0 Å². The molecule has 4 heteroatoms. The topological polar surface area (TPSA) is 11.4 Å². The molecule has 0 fully saturated rings. The third-order valence-corrected chi connectivity index (χ3v) is 14.1. The van der Waals surface area contributed by atoms with Crippen LogP contribution in [0.5, 0.6) is 0 Å². The Morgan fingerprint density at radius 2 is 1.03 bits per heavy atom. The molecule has 58 heavy (non-hydrogen) atoms. The Bertz CT molecular complexity index is 3210. The molecule has 13 rings (SSSR count). The normalized spacial score (nSPS) is 15.8. The number of hydrogen-bond acceptors (Lipinski definition) is 2. The summed E-state index contributed by atoms with van der Waals surface area (Å²) in [5.74, 6) is 0. The number of aromatic nitrogens is 1. The van der Waals surface area contributed by atoms with Crippen molar-refractivity contribution in [1.29, 1.82) is 0 Å². The Kier molecular flexibility index (Phi) is 6.13. The van der Waals surface area contributed by atoms with Gasteiger partial charge >= 0.3 is 6.85 Å². The fraction of sp³-hybridized carbons (Fsp3) is 0.111. The molecule has 274 valence electrons. The van der Waals surface area contributed by atoms with Crippen molar-refractivity contribution < 1.29 is 0 Å². The van der Waals surface area contributed by atoms with Crippen LogP contribution in [0.25, 0.3) is 49.7 Å². The highest BCUT2D eigenvalue weighted by molar-refractivity contribution is 6.93. The van der Waals surface area contributed by atoms with Gasteiger partial charge in [-0.3, -0.25) is 0 Å². The van der Waals surface area contributed by atoms with Crippen molar-refractivity contribution in [2.45, 2.75) is 38.5 Å². The summed E-state index contributed by atoms with van der Waals surface area (Å²) in [4.78, 5) is 5.25. The highest BCUT2D eigenvalue weighted by Gasteiger charge is 2.47. The van der Waals surface area contributed by atoms with Crippen molar-refractivity contribution in [2.75, 3.05) is 9.71 Å². The van der Waals surface area contributed by atoms with E-state index in [-0.39, 0.29) is 17.7 Å². The second-order valence-corrected chi connectivity index (χ2v) is 17.7. The maximum Gasteiger partial charge on any atom is 0.333 e. The van der Waals surface area contributed by atoms with Gasteiger partial charge in [0, 0.05) is 44.2 Å². The minimum Gasteiger partial charge on any atom is -0.376 e. The largest absolute Gasteiger partial charge is 0.376 e. The second-order valence-electron chi connectivity index (χ2n) is 17.7. The molecule has 0 bridgehead atoms. The number of nitrogens with zero attached hydrogens (tertiary/aromatic N) is 3. The van der Waals surface area contributed by atoms with Crippen LogP contribution in [0.2, 0.25) is 0 Å². The molecule has 0 amide bonds. The van der Waals surface area contributed by atoms with E-state index in [4.69, 9.17) is 0 Å². The third-order valence-electron chi connectivity index (χ3n) is 14.1. The second kappa shape index (κ2) is 11.0. The van der Waals surface area contributed by atoms with Crippen molar-refractivity contribution in [1.82, 2.24) is 4.57 Å². The molecule has 0 unspecified atom stereocenters. The minimum absolute atomic E-state index is 0.0423. The summed E-state index contributed by atoms with van der Waals surface area (Å²) in [7, 11) is 0. The number of para-hydroxylation sites is 5. The maximum atomic E-state index is 2.66. The van der Waals surface area contributed by atoms with Crippen LogP contribution in [0.1, 0.15) is 49.9 Å². The zero-order valence-corrected chi connectivity index (χ0v) is 33.1. The van der Waals surface area contributed by atoms with Gasteiger partial charge in [-0.1, -0.05) is 143 Å². The quantitative estimate of drug-likeness (QED) is 0.164. The van der Waals surface area contributed by atoms with E-state index in [0.717, 1.165) is 0 Å². The fourth-order valence-electron chi connectivity index (χ4n) is 11.5. The lowest BCUT2D eigenvalue weighted by atomic mass is 9.44. The summed E-state index contributed by atoms with van der Waals surface area (Å²) in [5.41, 5.74) is 23.0. The molecule has 3 nitrogen and oxygen atoms in total. The van der Waals surface area contributed by atoms with E-state index in [0.29, 0.717) is 0 Å². The van der Waals surface area contributed by atoms with E-state index < -0.39 is 0 Å². The predicted molar refractivity (Wildman–Crippen MR) is 244 cm³/mol.